The average Bonchev–Trinajstić information content (AvgIpc) is 2.91. The summed E-state index contributed by atoms with van der Waals surface area (Å²) in [5.74, 6) is -0.0605. The molecule has 18 heavy (non-hydrogen) atoms. The average molecular weight is 255 g/mol. The molecule has 4 N–H and O–H groups in total. The molecular formula is C10H17N5O3. The van der Waals surface area contributed by atoms with Crippen LogP contribution in [-0.4, -0.2) is 27.1 Å². The lowest BCUT2D eigenvalue weighted by molar-refractivity contribution is -0.128. The molecule has 0 aliphatic heterocycles. The highest BCUT2D eigenvalue weighted by Gasteiger charge is 2.39. The van der Waals surface area contributed by atoms with E-state index in [1.807, 2.05) is 0 Å². The zero-order valence-corrected chi connectivity index (χ0v) is 10.4. The van der Waals surface area contributed by atoms with E-state index in [4.69, 9.17) is 10.9 Å². The van der Waals surface area contributed by atoms with E-state index in [1.54, 1.807) is 13.8 Å². The predicted octanol–water partition coefficient (Wildman–Crippen LogP) is 0.239. The number of hydrogen-bond acceptors (Lipinski definition) is 6. The lowest BCUT2D eigenvalue weighted by atomic mass is 9.80. The molecule has 0 unspecified atom stereocenters. The van der Waals surface area contributed by atoms with Gasteiger partial charge in [-0.05, 0) is 12.8 Å². The third-order valence-electron chi connectivity index (χ3n) is 3.05. The van der Waals surface area contributed by atoms with Gasteiger partial charge in [0.05, 0.1) is 6.54 Å². The van der Waals surface area contributed by atoms with Gasteiger partial charge in [-0.2, -0.15) is 4.98 Å². The van der Waals surface area contributed by atoms with Crippen molar-refractivity contribution in [3.63, 3.8) is 0 Å². The molecule has 0 atom stereocenters. The number of carbonyl (C=O) groups is 1. The number of nitrogens with zero attached hydrogens (tertiary/aromatic N) is 3. The maximum Gasteiger partial charge on any atom is 0.234 e. The second kappa shape index (κ2) is 5.99. The van der Waals surface area contributed by atoms with Crippen LogP contribution in [0.15, 0.2) is 16.1 Å². The van der Waals surface area contributed by atoms with Crippen molar-refractivity contribution in [3.05, 3.63) is 12.2 Å². The Labute approximate surface area is 104 Å². The van der Waals surface area contributed by atoms with Crippen LogP contribution in [0.5, 0.6) is 0 Å². The largest absolute Gasteiger partial charge is 0.409 e. The first-order valence-corrected chi connectivity index (χ1v) is 5.62. The second-order valence-electron chi connectivity index (χ2n) is 3.80. The minimum atomic E-state index is -1.02. The SMILES string of the molecule is CCC(CC)(C(=O)NCc1ncon1)C(N)=NO. The molecular weight excluding hydrogens is 238 g/mol. The van der Waals surface area contributed by atoms with E-state index in [9.17, 15) is 4.79 Å². The van der Waals surface area contributed by atoms with Crippen molar-refractivity contribution in [1.29, 1.82) is 0 Å². The number of hydrogen-bond donors (Lipinski definition) is 3. The summed E-state index contributed by atoms with van der Waals surface area (Å²) < 4.78 is 4.55. The summed E-state index contributed by atoms with van der Waals surface area (Å²) in [4.78, 5) is 15.9. The van der Waals surface area contributed by atoms with Crippen LogP contribution in [0.2, 0.25) is 0 Å². The number of amides is 1. The number of rotatable bonds is 6. The summed E-state index contributed by atoms with van der Waals surface area (Å²) in [6.07, 6.45) is 2.03. The van der Waals surface area contributed by atoms with E-state index < -0.39 is 5.41 Å². The van der Waals surface area contributed by atoms with Gasteiger partial charge in [-0.25, -0.2) is 0 Å². The third kappa shape index (κ3) is 2.58. The van der Waals surface area contributed by atoms with Crippen LogP contribution in [0.25, 0.3) is 0 Å². The molecule has 0 saturated carbocycles. The fraction of sp³-hybridized carbons (Fsp3) is 0.600. The van der Waals surface area contributed by atoms with Gasteiger partial charge in [0.25, 0.3) is 0 Å². The van der Waals surface area contributed by atoms with Gasteiger partial charge in [-0.15, -0.1) is 0 Å². The van der Waals surface area contributed by atoms with Gasteiger partial charge in [-0.1, -0.05) is 24.2 Å². The number of nitrogens with two attached hydrogens (primary N) is 1. The van der Waals surface area contributed by atoms with E-state index in [0.717, 1.165) is 0 Å². The Kier molecular flexibility index (Phi) is 4.64. The molecule has 0 radical (unpaired) electrons. The Hall–Kier alpha value is -2.12. The summed E-state index contributed by atoms with van der Waals surface area (Å²) in [5, 5.41) is 18.0. The highest BCUT2D eigenvalue weighted by Crippen LogP contribution is 2.27. The first-order chi connectivity index (χ1) is 8.60. The molecule has 0 aromatic carbocycles. The van der Waals surface area contributed by atoms with Gasteiger partial charge >= 0.3 is 0 Å². The molecule has 0 fully saturated rings. The molecule has 0 aliphatic rings. The first-order valence-electron chi connectivity index (χ1n) is 5.62. The number of amidine groups is 1. The van der Waals surface area contributed by atoms with Crippen LogP contribution >= 0.6 is 0 Å². The van der Waals surface area contributed by atoms with Gasteiger partial charge in [0.15, 0.2) is 11.7 Å². The summed E-state index contributed by atoms with van der Waals surface area (Å²) in [7, 11) is 0. The molecule has 8 nitrogen and oxygen atoms in total. The Morgan fingerprint density at radius 2 is 2.28 bits per heavy atom. The second-order valence-corrected chi connectivity index (χ2v) is 3.80. The third-order valence-corrected chi connectivity index (χ3v) is 3.05. The fourth-order valence-electron chi connectivity index (χ4n) is 1.74. The van der Waals surface area contributed by atoms with E-state index in [-0.39, 0.29) is 18.3 Å². The van der Waals surface area contributed by atoms with Crippen LogP contribution < -0.4 is 11.1 Å². The zero-order valence-electron chi connectivity index (χ0n) is 10.4. The topological polar surface area (TPSA) is 127 Å². The molecule has 0 spiro atoms. The Morgan fingerprint density at radius 3 is 2.72 bits per heavy atom. The van der Waals surface area contributed by atoms with Gasteiger partial charge in [-0.3, -0.25) is 4.79 Å². The van der Waals surface area contributed by atoms with Crippen molar-refractivity contribution in [1.82, 2.24) is 15.5 Å². The van der Waals surface area contributed by atoms with Crippen molar-refractivity contribution < 1.29 is 14.5 Å². The van der Waals surface area contributed by atoms with Crippen molar-refractivity contribution in [2.24, 2.45) is 16.3 Å². The molecule has 0 bridgehead atoms. The maximum absolute atomic E-state index is 12.2. The van der Waals surface area contributed by atoms with Gasteiger partial charge in [0.1, 0.15) is 5.41 Å². The smallest absolute Gasteiger partial charge is 0.234 e. The number of carbonyl (C=O) groups excluding carboxylic acids is 1. The van der Waals surface area contributed by atoms with E-state index in [2.05, 4.69) is 25.1 Å². The first kappa shape index (κ1) is 13.9. The lowest BCUT2D eigenvalue weighted by Gasteiger charge is -2.28. The number of nitrogens with one attached hydrogen (secondary N) is 1. The van der Waals surface area contributed by atoms with Crippen LogP contribution in [0.3, 0.4) is 0 Å². The molecule has 1 amide bonds. The highest BCUT2D eigenvalue weighted by atomic mass is 16.5. The molecule has 1 aromatic rings. The Bertz CT molecular complexity index is 411. The van der Waals surface area contributed by atoms with Gasteiger partial charge < -0.3 is 20.8 Å². The number of aromatic nitrogens is 2. The molecule has 1 rings (SSSR count). The predicted molar refractivity (Wildman–Crippen MR) is 62.6 cm³/mol. The minimum absolute atomic E-state index is 0.0990. The Morgan fingerprint density at radius 1 is 1.61 bits per heavy atom. The quantitative estimate of drug-likeness (QED) is 0.289. The molecule has 8 heteroatoms. The van der Waals surface area contributed by atoms with Gasteiger partial charge in [0.2, 0.25) is 12.3 Å². The number of oxime groups is 1. The molecule has 100 valence electrons. The molecule has 1 aromatic heterocycles. The van der Waals surface area contributed by atoms with Crippen LogP contribution in [-0.2, 0) is 11.3 Å². The standard InChI is InChI=1S/C10H17N5O3/c1-3-10(4-2,8(11)14-17)9(16)12-5-7-13-6-18-15-7/h6,17H,3-5H2,1-2H3,(H2,11,14)(H,12,16). The highest BCUT2D eigenvalue weighted by molar-refractivity contribution is 6.06. The van der Waals surface area contributed by atoms with Crippen LogP contribution in [0, 0.1) is 5.41 Å². The van der Waals surface area contributed by atoms with Crippen molar-refractivity contribution in [3.8, 4) is 0 Å². The minimum Gasteiger partial charge on any atom is -0.409 e. The normalized spacial score (nSPS) is 12.4. The lowest BCUT2D eigenvalue weighted by Crippen LogP contribution is -2.49. The van der Waals surface area contributed by atoms with Crippen molar-refractivity contribution in [2.75, 3.05) is 0 Å². The van der Waals surface area contributed by atoms with Crippen LogP contribution in [0.1, 0.15) is 32.5 Å². The van der Waals surface area contributed by atoms with E-state index in [0.29, 0.717) is 18.7 Å². The maximum atomic E-state index is 12.2. The monoisotopic (exact) mass is 255 g/mol. The van der Waals surface area contributed by atoms with Crippen molar-refractivity contribution in [2.45, 2.75) is 33.2 Å². The van der Waals surface area contributed by atoms with E-state index >= 15 is 0 Å². The summed E-state index contributed by atoms with van der Waals surface area (Å²) >= 11 is 0. The summed E-state index contributed by atoms with van der Waals surface area (Å²) in [6.45, 7) is 3.74. The molecule has 1 heterocycles. The fourth-order valence-corrected chi connectivity index (χ4v) is 1.74. The van der Waals surface area contributed by atoms with Gasteiger partial charge in [0, 0.05) is 0 Å². The zero-order chi connectivity index (χ0) is 13.6. The van der Waals surface area contributed by atoms with E-state index in [1.165, 1.54) is 6.39 Å². The molecule has 0 saturated heterocycles. The summed E-state index contributed by atoms with van der Waals surface area (Å²) in [6, 6.07) is 0. The van der Waals surface area contributed by atoms with Crippen molar-refractivity contribution >= 4 is 11.7 Å². The Balaban J connectivity index is 2.77. The molecule has 0 aliphatic carbocycles. The summed E-state index contributed by atoms with van der Waals surface area (Å²) in [5.41, 5.74) is 4.60. The van der Waals surface area contributed by atoms with Crippen LogP contribution in [0.4, 0.5) is 0 Å².